The molecule has 0 aliphatic heterocycles. The highest BCUT2D eigenvalue weighted by atomic mass is 32.1. The minimum absolute atomic E-state index is 0.680. The first-order chi connectivity index (χ1) is 6.40. The molecule has 0 aliphatic carbocycles. The molecule has 2 aromatic rings. The molecular formula is C10H10N2S. The molecular weight excluding hydrogens is 180 g/mol. The highest BCUT2D eigenvalue weighted by Crippen LogP contribution is 2.07. The minimum Gasteiger partial charge on any atom is -0.241 e. The fraction of sp³-hybridized carbons (Fsp3) is 0.100. The van der Waals surface area contributed by atoms with Crippen molar-refractivity contribution in [2.45, 2.75) is 5.75 Å². The molecule has 0 radical (unpaired) electrons. The summed E-state index contributed by atoms with van der Waals surface area (Å²) in [6.07, 6.45) is 1.95. The molecule has 0 fully saturated rings. The third-order valence-electron chi connectivity index (χ3n) is 1.83. The van der Waals surface area contributed by atoms with Gasteiger partial charge in [0.2, 0.25) is 0 Å². The van der Waals surface area contributed by atoms with Crippen molar-refractivity contribution in [3.8, 4) is 5.69 Å². The fourth-order valence-corrected chi connectivity index (χ4v) is 1.34. The summed E-state index contributed by atoms with van der Waals surface area (Å²) in [4.78, 5) is 0. The summed E-state index contributed by atoms with van der Waals surface area (Å²) in [6.45, 7) is 0. The lowest BCUT2D eigenvalue weighted by Crippen LogP contribution is -1.94. The lowest BCUT2D eigenvalue weighted by Gasteiger charge is -1.98. The average Bonchev–Trinajstić information content (AvgIpc) is 2.67. The summed E-state index contributed by atoms with van der Waals surface area (Å²) < 4.78 is 1.85. The van der Waals surface area contributed by atoms with Crippen LogP contribution in [-0.2, 0) is 5.75 Å². The Morgan fingerprint density at radius 1 is 1.15 bits per heavy atom. The minimum atomic E-state index is 0.680. The first-order valence-corrected chi connectivity index (χ1v) is 4.74. The maximum Gasteiger partial charge on any atom is 0.0725 e. The van der Waals surface area contributed by atoms with Crippen LogP contribution in [0.2, 0.25) is 0 Å². The molecule has 1 aromatic carbocycles. The highest BCUT2D eigenvalue weighted by molar-refractivity contribution is 7.79. The van der Waals surface area contributed by atoms with E-state index in [1.807, 2.05) is 47.3 Å². The monoisotopic (exact) mass is 190 g/mol. The van der Waals surface area contributed by atoms with Gasteiger partial charge in [0.05, 0.1) is 11.4 Å². The van der Waals surface area contributed by atoms with Gasteiger partial charge in [-0.15, -0.1) is 0 Å². The van der Waals surface area contributed by atoms with Gasteiger partial charge >= 0.3 is 0 Å². The zero-order valence-corrected chi connectivity index (χ0v) is 7.98. The van der Waals surface area contributed by atoms with Gasteiger partial charge in [0.25, 0.3) is 0 Å². The Balaban J connectivity index is 2.36. The van der Waals surface area contributed by atoms with Gasteiger partial charge in [-0.3, -0.25) is 0 Å². The molecule has 13 heavy (non-hydrogen) atoms. The van der Waals surface area contributed by atoms with Crippen LogP contribution in [0.15, 0.2) is 42.6 Å². The van der Waals surface area contributed by atoms with Crippen molar-refractivity contribution >= 4 is 12.6 Å². The van der Waals surface area contributed by atoms with E-state index in [-0.39, 0.29) is 0 Å². The van der Waals surface area contributed by atoms with Crippen molar-refractivity contribution in [3.05, 3.63) is 48.3 Å². The van der Waals surface area contributed by atoms with E-state index < -0.39 is 0 Å². The largest absolute Gasteiger partial charge is 0.241 e. The van der Waals surface area contributed by atoms with E-state index in [4.69, 9.17) is 0 Å². The van der Waals surface area contributed by atoms with Crippen molar-refractivity contribution < 1.29 is 0 Å². The maximum atomic E-state index is 4.34. The van der Waals surface area contributed by atoms with Crippen LogP contribution in [0, 0.1) is 0 Å². The molecule has 0 N–H and O–H groups in total. The Hall–Kier alpha value is -1.22. The molecule has 2 nitrogen and oxygen atoms in total. The van der Waals surface area contributed by atoms with Crippen LogP contribution < -0.4 is 0 Å². The smallest absolute Gasteiger partial charge is 0.0725 e. The number of aromatic nitrogens is 2. The van der Waals surface area contributed by atoms with Crippen LogP contribution in [0.3, 0.4) is 0 Å². The molecule has 0 saturated carbocycles. The third-order valence-corrected chi connectivity index (χ3v) is 2.15. The molecule has 1 aromatic heterocycles. The number of para-hydroxylation sites is 1. The van der Waals surface area contributed by atoms with Crippen molar-refractivity contribution in [1.29, 1.82) is 0 Å². The quantitative estimate of drug-likeness (QED) is 0.719. The fourth-order valence-electron chi connectivity index (χ4n) is 1.17. The summed E-state index contributed by atoms with van der Waals surface area (Å²) in [7, 11) is 0. The van der Waals surface area contributed by atoms with E-state index in [0.29, 0.717) is 5.75 Å². The van der Waals surface area contributed by atoms with Crippen molar-refractivity contribution in [1.82, 2.24) is 9.78 Å². The molecule has 66 valence electrons. The van der Waals surface area contributed by atoms with Crippen LogP contribution >= 0.6 is 12.6 Å². The van der Waals surface area contributed by atoms with E-state index in [2.05, 4.69) is 17.7 Å². The van der Waals surface area contributed by atoms with Gasteiger partial charge in [-0.1, -0.05) is 18.2 Å². The van der Waals surface area contributed by atoms with Crippen LogP contribution in [0.4, 0.5) is 0 Å². The first-order valence-electron chi connectivity index (χ1n) is 4.11. The van der Waals surface area contributed by atoms with Gasteiger partial charge in [-0.2, -0.15) is 17.7 Å². The number of rotatable bonds is 2. The second kappa shape index (κ2) is 3.66. The normalized spacial score (nSPS) is 10.2. The Kier molecular flexibility index (Phi) is 2.36. The standard InChI is InChI=1S/C10H10N2S/c13-8-9-6-7-12(11-9)10-4-2-1-3-5-10/h1-7,13H,8H2. The van der Waals surface area contributed by atoms with Crippen LogP contribution in [-0.4, -0.2) is 9.78 Å². The summed E-state index contributed by atoms with van der Waals surface area (Å²) in [5.41, 5.74) is 2.07. The lowest BCUT2D eigenvalue weighted by molar-refractivity contribution is 0.860. The Labute approximate surface area is 82.6 Å². The van der Waals surface area contributed by atoms with Crippen molar-refractivity contribution in [2.75, 3.05) is 0 Å². The second-order valence-corrected chi connectivity index (χ2v) is 3.06. The van der Waals surface area contributed by atoms with E-state index in [1.54, 1.807) is 0 Å². The summed E-state index contributed by atoms with van der Waals surface area (Å²) in [5.74, 6) is 0.680. The second-order valence-electron chi connectivity index (χ2n) is 2.75. The summed E-state index contributed by atoms with van der Waals surface area (Å²) in [6, 6.07) is 12.0. The van der Waals surface area contributed by atoms with Gasteiger partial charge in [-0.25, -0.2) is 4.68 Å². The van der Waals surface area contributed by atoms with Gasteiger partial charge < -0.3 is 0 Å². The van der Waals surface area contributed by atoms with Gasteiger partial charge in [0, 0.05) is 11.9 Å². The third kappa shape index (κ3) is 1.75. The molecule has 2 rings (SSSR count). The average molecular weight is 190 g/mol. The zero-order valence-electron chi connectivity index (χ0n) is 7.09. The maximum absolute atomic E-state index is 4.34. The first kappa shape index (κ1) is 8.38. The summed E-state index contributed by atoms with van der Waals surface area (Å²) >= 11 is 4.16. The Bertz CT molecular complexity index is 381. The molecule has 0 spiro atoms. The van der Waals surface area contributed by atoms with Crippen LogP contribution in [0.1, 0.15) is 5.69 Å². The molecule has 0 atom stereocenters. The lowest BCUT2D eigenvalue weighted by atomic mass is 10.3. The van der Waals surface area contributed by atoms with Gasteiger partial charge in [0.1, 0.15) is 0 Å². The number of hydrogen-bond acceptors (Lipinski definition) is 2. The van der Waals surface area contributed by atoms with Gasteiger partial charge in [0.15, 0.2) is 0 Å². The van der Waals surface area contributed by atoms with Gasteiger partial charge in [-0.05, 0) is 18.2 Å². The molecule has 0 bridgehead atoms. The molecule has 0 saturated heterocycles. The Morgan fingerprint density at radius 2 is 1.92 bits per heavy atom. The number of benzene rings is 1. The zero-order chi connectivity index (χ0) is 9.10. The molecule has 0 unspecified atom stereocenters. The number of hydrogen-bond donors (Lipinski definition) is 1. The molecule has 1 heterocycles. The van der Waals surface area contributed by atoms with Crippen molar-refractivity contribution in [3.63, 3.8) is 0 Å². The van der Waals surface area contributed by atoms with E-state index in [0.717, 1.165) is 11.4 Å². The van der Waals surface area contributed by atoms with E-state index >= 15 is 0 Å². The topological polar surface area (TPSA) is 17.8 Å². The highest BCUT2D eigenvalue weighted by Gasteiger charge is 1.97. The van der Waals surface area contributed by atoms with E-state index in [9.17, 15) is 0 Å². The molecule has 0 aliphatic rings. The van der Waals surface area contributed by atoms with E-state index in [1.165, 1.54) is 0 Å². The molecule has 0 amide bonds. The SMILES string of the molecule is SCc1ccn(-c2ccccc2)n1. The summed E-state index contributed by atoms with van der Waals surface area (Å²) in [5, 5.41) is 4.34. The number of thiol groups is 1. The predicted octanol–water partition coefficient (Wildman–Crippen LogP) is 2.30. The molecule has 3 heteroatoms. The number of nitrogens with zero attached hydrogens (tertiary/aromatic N) is 2. The Morgan fingerprint density at radius 3 is 2.54 bits per heavy atom. The van der Waals surface area contributed by atoms with Crippen LogP contribution in [0.25, 0.3) is 5.69 Å². The predicted molar refractivity (Wildman–Crippen MR) is 56.3 cm³/mol. The van der Waals surface area contributed by atoms with Crippen LogP contribution in [0.5, 0.6) is 0 Å². The van der Waals surface area contributed by atoms with Crippen molar-refractivity contribution in [2.24, 2.45) is 0 Å².